The lowest BCUT2D eigenvalue weighted by Crippen LogP contribution is -2.41. The Bertz CT molecular complexity index is 381. The average Bonchev–Trinajstić information content (AvgIpc) is 2.50. The molecule has 0 radical (unpaired) electrons. The Morgan fingerprint density at radius 1 is 1.05 bits per heavy atom. The largest absolute Gasteiger partial charge is 0.486 e. The number of unbranched alkanes of at least 4 members (excludes halogenated alkanes) is 1. The van der Waals surface area contributed by atoms with Gasteiger partial charge < -0.3 is 13.7 Å². The van der Waals surface area contributed by atoms with E-state index in [4.69, 9.17) is 13.7 Å². The average molecular weight is 326 g/mol. The molecule has 0 spiro atoms. The first-order chi connectivity index (χ1) is 9.79. The Kier molecular flexibility index (Phi) is 6.16. The Morgan fingerprint density at radius 3 is 2.00 bits per heavy atom. The van der Waals surface area contributed by atoms with Crippen molar-refractivity contribution in [2.24, 2.45) is 0 Å². The quantitative estimate of drug-likeness (QED) is 0.509. The van der Waals surface area contributed by atoms with Crippen molar-refractivity contribution >= 4 is 15.4 Å². The van der Waals surface area contributed by atoms with Crippen LogP contribution in [0, 0.1) is 0 Å². The van der Waals surface area contributed by atoms with E-state index in [1.807, 2.05) is 5.98 Å². The molecule has 1 fully saturated rings. The summed E-state index contributed by atoms with van der Waals surface area (Å²) in [6, 6.07) is 0. The van der Waals surface area contributed by atoms with Gasteiger partial charge in [-0.3, -0.25) is 0 Å². The van der Waals surface area contributed by atoms with Crippen molar-refractivity contribution in [3.63, 3.8) is 0 Å². The molecule has 128 valence electrons. The molecule has 1 aliphatic heterocycles. The fourth-order valence-electron chi connectivity index (χ4n) is 1.92. The molecule has 1 heterocycles. The van der Waals surface area contributed by atoms with E-state index in [2.05, 4.69) is 67.6 Å². The molecular weight excluding hydrogens is 291 g/mol. The molecule has 0 aliphatic carbocycles. The molecule has 1 aliphatic rings. The van der Waals surface area contributed by atoms with E-state index >= 15 is 0 Å². The van der Waals surface area contributed by atoms with Crippen LogP contribution in [0.5, 0.6) is 0 Å². The monoisotopic (exact) mass is 326 g/mol. The van der Waals surface area contributed by atoms with Crippen molar-refractivity contribution in [1.82, 2.24) is 0 Å². The summed E-state index contributed by atoms with van der Waals surface area (Å²) < 4.78 is 18.0. The molecule has 0 bridgehead atoms. The molecule has 0 atom stereocenters. The third-order valence-electron chi connectivity index (χ3n) is 5.35. The highest BCUT2D eigenvalue weighted by atomic mass is 28.4. The van der Waals surface area contributed by atoms with Gasteiger partial charge in [-0.2, -0.15) is 0 Å². The summed E-state index contributed by atoms with van der Waals surface area (Å²) in [5, 5.41) is 0.283. The molecule has 0 amide bonds. The highest BCUT2D eigenvalue weighted by molar-refractivity contribution is 6.74. The molecular formula is C17H35BO3Si. The Hall–Kier alpha value is -0.0982. The summed E-state index contributed by atoms with van der Waals surface area (Å²) in [6.45, 7) is 20.6. The normalized spacial score (nSPS) is 21.8. The molecule has 22 heavy (non-hydrogen) atoms. The van der Waals surface area contributed by atoms with E-state index in [9.17, 15) is 0 Å². The van der Waals surface area contributed by atoms with Gasteiger partial charge in [0.05, 0.1) is 11.2 Å². The lowest BCUT2D eigenvalue weighted by molar-refractivity contribution is 0.00578. The second-order valence-electron chi connectivity index (χ2n) is 8.80. The van der Waals surface area contributed by atoms with Gasteiger partial charge in [0.1, 0.15) is 0 Å². The summed E-state index contributed by atoms with van der Waals surface area (Å²) >= 11 is 0. The van der Waals surface area contributed by atoms with Gasteiger partial charge in [0, 0.05) is 6.61 Å². The minimum atomic E-state index is -1.60. The second-order valence-corrected chi connectivity index (χ2v) is 13.6. The molecule has 0 N–H and O–H groups in total. The zero-order valence-electron chi connectivity index (χ0n) is 16.1. The summed E-state index contributed by atoms with van der Waals surface area (Å²) in [5.41, 5.74) is -0.513. The number of hydrogen-bond acceptors (Lipinski definition) is 3. The molecule has 0 unspecified atom stereocenters. The predicted octanol–water partition coefficient (Wildman–Crippen LogP) is 4.98. The number of rotatable bonds is 6. The van der Waals surface area contributed by atoms with Crippen LogP contribution in [0.25, 0.3) is 0 Å². The van der Waals surface area contributed by atoms with E-state index in [0.29, 0.717) is 0 Å². The minimum absolute atomic E-state index is 0.230. The molecule has 0 aromatic carbocycles. The predicted molar refractivity (Wildman–Crippen MR) is 97.6 cm³/mol. The molecule has 1 rings (SSSR count). The Morgan fingerprint density at radius 2 is 1.55 bits per heavy atom. The van der Waals surface area contributed by atoms with E-state index in [-0.39, 0.29) is 23.4 Å². The van der Waals surface area contributed by atoms with E-state index in [0.717, 1.165) is 19.4 Å². The molecule has 0 aromatic heterocycles. The highest BCUT2D eigenvalue weighted by Crippen LogP contribution is 2.37. The molecule has 3 nitrogen and oxygen atoms in total. The van der Waals surface area contributed by atoms with Crippen molar-refractivity contribution in [1.29, 1.82) is 0 Å². The van der Waals surface area contributed by atoms with E-state index < -0.39 is 8.32 Å². The topological polar surface area (TPSA) is 27.7 Å². The van der Waals surface area contributed by atoms with Gasteiger partial charge in [-0.25, -0.2) is 0 Å². The smallest absolute Gasteiger partial charge is 0.417 e. The lowest BCUT2D eigenvalue weighted by atomic mass is 9.89. The van der Waals surface area contributed by atoms with Gasteiger partial charge >= 0.3 is 7.12 Å². The highest BCUT2D eigenvalue weighted by Gasteiger charge is 2.49. The van der Waals surface area contributed by atoms with Gasteiger partial charge in [-0.05, 0) is 58.7 Å². The third-order valence-corrected chi connectivity index (χ3v) is 9.89. The van der Waals surface area contributed by atoms with Crippen molar-refractivity contribution in [3.05, 3.63) is 12.1 Å². The Balaban J connectivity index is 2.29. The van der Waals surface area contributed by atoms with Gasteiger partial charge in [0.25, 0.3) is 0 Å². The standard InChI is InChI=1S/C17H35BO3Si/c1-15(2,3)22(8,9)19-14-12-10-11-13-18-20-16(4,5)17(6,7)21-18/h11,13H,10,12,14H2,1-9H3/b13-11+. The van der Waals surface area contributed by atoms with Crippen LogP contribution in [0.3, 0.4) is 0 Å². The second kappa shape index (κ2) is 6.80. The van der Waals surface area contributed by atoms with Gasteiger partial charge in [-0.15, -0.1) is 0 Å². The first-order valence-corrected chi connectivity index (χ1v) is 11.4. The molecule has 0 aromatic rings. The maximum Gasteiger partial charge on any atom is 0.486 e. The minimum Gasteiger partial charge on any atom is -0.417 e. The molecule has 0 saturated carbocycles. The number of hydrogen-bond donors (Lipinski definition) is 0. The Labute approximate surface area is 139 Å². The van der Waals surface area contributed by atoms with Crippen LogP contribution >= 0.6 is 0 Å². The molecule has 5 heteroatoms. The van der Waals surface area contributed by atoms with Crippen LogP contribution in [0.15, 0.2) is 12.1 Å². The van der Waals surface area contributed by atoms with Crippen molar-refractivity contribution in [2.45, 2.75) is 90.6 Å². The summed E-state index contributed by atoms with van der Waals surface area (Å²) in [5.74, 6) is 2.03. The van der Waals surface area contributed by atoms with Crippen molar-refractivity contribution < 1.29 is 13.7 Å². The van der Waals surface area contributed by atoms with Crippen LogP contribution < -0.4 is 0 Å². The SMILES string of the molecule is CC1(C)OB(/C=C/CCCO[Si](C)(C)C(C)(C)C)OC1(C)C. The first-order valence-electron chi connectivity index (χ1n) is 8.45. The summed E-state index contributed by atoms with van der Waals surface area (Å²) in [4.78, 5) is 0. The summed E-state index contributed by atoms with van der Waals surface area (Å²) in [7, 11) is -1.83. The summed E-state index contributed by atoms with van der Waals surface area (Å²) in [6.07, 6.45) is 4.19. The van der Waals surface area contributed by atoms with Crippen LogP contribution in [0.1, 0.15) is 61.3 Å². The zero-order chi connectivity index (χ0) is 17.2. The van der Waals surface area contributed by atoms with Crippen LogP contribution in [0.2, 0.25) is 18.1 Å². The van der Waals surface area contributed by atoms with Crippen LogP contribution in [0.4, 0.5) is 0 Å². The fourth-order valence-corrected chi connectivity index (χ4v) is 3.01. The van der Waals surface area contributed by atoms with Gasteiger partial charge in [-0.1, -0.05) is 32.8 Å². The zero-order valence-corrected chi connectivity index (χ0v) is 17.1. The van der Waals surface area contributed by atoms with Crippen LogP contribution in [-0.4, -0.2) is 33.2 Å². The van der Waals surface area contributed by atoms with E-state index in [1.165, 1.54) is 0 Å². The number of allylic oxidation sites excluding steroid dienone is 1. The van der Waals surface area contributed by atoms with Crippen molar-refractivity contribution in [2.75, 3.05) is 6.61 Å². The maximum atomic E-state index is 6.17. The van der Waals surface area contributed by atoms with Gasteiger partial charge in [0.2, 0.25) is 0 Å². The van der Waals surface area contributed by atoms with E-state index in [1.54, 1.807) is 0 Å². The van der Waals surface area contributed by atoms with Gasteiger partial charge in [0.15, 0.2) is 8.32 Å². The van der Waals surface area contributed by atoms with Crippen molar-refractivity contribution in [3.8, 4) is 0 Å². The first kappa shape index (κ1) is 19.9. The lowest BCUT2D eigenvalue weighted by Gasteiger charge is -2.36. The fraction of sp³-hybridized carbons (Fsp3) is 0.882. The maximum absolute atomic E-state index is 6.17. The molecule has 1 saturated heterocycles. The third kappa shape index (κ3) is 4.95. The van der Waals surface area contributed by atoms with Crippen LogP contribution in [-0.2, 0) is 13.7 Å².